The molecule has 0 saturated carbocycles. The van der Waals surface area contributed by atoms with Crippen LogP contribution in [0.1, 0.15) is 36.8 Å². The number of nitrogens with one attached hydrogen (secondary N) is 1. The lowest BCUT2D eigenvalue weighted by Crippen LogP contribution is -2.35. The summed E-state index contributed by atoms with van der Waals surface area (Å²) in [5, 5.41) is 16.8. The van der Waals surface area contributed by atoms with Gasteiger partial charge in [-0.1, -0.05) is 32.4 Å². The maximum atomic E-state index is 12.0. The zero-order valence-electron chi connectivity index (χ0n) is 11.2. The van der Waals surface area contributed by atoms with Crippen molar-refractivity contribution in [1.29, 1.82) is 0 Å². The van der Waals surface area contributed by atoms with E-state index in [0.717, 1.165) is 0 Å². The van der Waals surface area contributed by atoms with Gasteiger partial charge in [0.1, 0.15) is 5.15 Å². The van der Waals surface area contributed by atoms with Gasteiger partial charge in [0, 0.05) is 13.6 Å². The molecule has 0 bridgehead atoms. The molecule has 1 unspecified atom stereocenters. The molecule has 1 aromatic rings. The summed E-state index contributed by atoms with van der Waals surface area (Å²) >= 11 is 6.04. The summed E-state index contributed by atoms with van der Waals surface area (Å²) in [6.07, 6.45) is 0.0743. The van der Waals surface area contributed by atoms with Crippen molar-refractivity contribution in [2.45, 2.75) is 33.3 Å². The van der Waals surface area contributed by atoms with E-state index in [9.17, 15) is 9.90 Å². The highest BCUT2D eigenvalue weighted by Crippen LogP contribution is 2.19. The van der Waals surface area contributed by atoms with Gasteiger partial charge in [-0.05, 0) is 12.3 Å². The number of aromatic nitrogens is 2. The number of aryl methyl sites for hydroxylation is 2. The fourth-order valence-electron chi connectivity index (χ4n) is 1.55. The lowest BCUT2D eigenvalue weighted by Gasteiger charge is -2.15. The molecule has 0 spiro atoms. The van der Waals surface area contributed by atoms with Gasteiger partial charge < -0.3 is 10.4 Å². The van der Waals surface area contributed by atoms with Crippen LogP contribution in [0.4, 0.5) is 0 Å². The normalized spacial score (nSPS) is 12.8. The molecule has 2 N–H and O–H groups in total. The minimum atomic E-state index is -0.561. The van der Waals surface area contributed by atoms with Crippen LogP contribution in [-0.4, -0.2) is 33.4 Å². The van der Waals surface area contributed by atoms with Crippen LogP contribution >= 0.6 is 11.6 Å². The molecule has 0 radical (unpaired) electrons. The Balaban J connectivity index is 2.78. The number of nitrogens with zero attached hydrogens (tertiary/aromatic N) is 2. The van der Waals surface area contributed by atoms with Crippen molar-refractivity contribution in [2.75, 3.05) is 6.54 Å². The van der Waals surface area contributed by atoms with Gasteiger partial charge in [0.2, 0.25) is 0 Å². The Labute approximate surface area is 112 Å². The van der Waals surface area contributed by atoms with Crippen LogP contribution in [0.5, 0.6) is 0 Å². The molecule has 1 heterocycles. The van der Waals surface area contributed by atoms with Crippen LogP contribution in [0.25, 0.3) is 0 Å². The highest BCUT2D eigenvalue weighted by Gasteiger charge is 2.21. The average molecular weight is 274 g/mol. The van der Waals surface area contributed by atoms with Crippen LogP contribution in [0.3, 0.4) is 0 Å². The zero-order chi connectivity index (χ0) is 13.9. The number of carbonyl (C=O) groups excluding carboxylic acids is 1. The molecule has 0 saturated heterocycles. The van der Waals surface area contributed by atoms with E-state index in [-0.39, 0.29) is 18.4 Å². The first kappa shape index (κ1) is 15.0. The third kappa shape index (κ3) is 3.23. The summed E-state index contributed by atoms with van der Waals surface area (Å²) in [7, 11) is 1.70. The molecule has 0 fully saturated rings. The molecule has 0 aliphatic rings. The van der Waals surface area contributed by atoms with Gasteiger partial charge in [-0.25, -0.2) is 0 Å². The summed E-state index contributed by atoms with van der Waals surface area (Å²) in [4.78, 5) is 12.0. The Bertz CT molecular complexity index is 429. The summed E-state index contributed by atoms with van der Waals surface area (Å²) in [6.45, 7) is 5.92. The van der Waals surface area contributed by atoms with Crippen molar-refractivity contribution in [3.63, 3.8) is 0 Å². The topological polar surface area (TPSA) is 67.2 Å². The van der Waals surface area contributed by atoms with Gasteiger partial charge in [0.05, 0.1) is 17.4 Å². The summed E-state index contributed by atoms with van der Waals surface area (Å²) in [5.41, 5.74) is 1.07. The van der Waals surface area contributed by atoms with Gasteiger partial charge >= 0.3 is 0 Å². The van der Waals surface area contributed by atoms with E-state index in [1.54, 1.807) is 7.05 Å². The van der Waals surface area contributed by atoms with Crippen molar-refractivity contribution in [1.82, 2.24) is 15.1 Å². The summed E-state index contributed by atoms with van der Waals surface area (Å²) in [6, 6.07) is 0. The lowest BCUT2D eigenvalue weighted by molar-refractivity contribution is 0.0871. The number of aliphatic hydroxyl groups is 1. The van der Waals surface area contributed by atoms with E-state index < -0.39 is 6.10 Å². The lowest BCUT2D eigenvalue weighted by atomic mass is 10.1. The summed E-state index contributed by atoms with van der Waals surface area (Å²) in [5.74, 6) is -0.190. The van der Waals surface area contributed by atoms with Crippen molar-refractivity contribution in [3.05, 3.63) is 16.4 Å². The standard InChI is InChI=1S/C12H20ClN3O2/c1-5-8-10(11(13)16(4)15-8)12(18)14-6-9(17)7(2)3/h7,9,17H,5-6H2,1-4H3,(H,14,18). The van der Waals surface area contributed by atoms with Crippen molar-refractivity contribution in [3.8, 4) is 0 Å². The largest absolute Gasteiger partial charge is 0.391 e. The van der Waals surface area contributed by atoms with E-state index in [4.69, 9.17) is 11.6 Å². The number of halogens is 1. The second-order valence-corrected chi connectivity index (χ2v) is 4.97. The number of hydrogen-bond acceptors (Lipinski definition) is 3. The molecule has 102 valence electrons. The molecule has 1 aromatic heterocycles. The predicted octanol–water partition coefficient (Wildman–Crippen LogP) is 1.38. The van der Waals surface area contributed by atoms with Gasteiger partial charge in [-0.3, -0.25) is 9.48 Å². The van der Waals surface area contributed by atoms with E-state index in [1.807, 2.05) is 20.8 Å². The van der Waals surface area contributed by atoms with Crippen LogP contribution < -0.4 is 5.32 Å². The average Bonchev–Trinajstić information content (AvgIpc) is 2.61. The molecule has 18 heavy (non-hydrogen) atoms. The van der Waals surface area contributed by atoms with Gasteiger partial charge in [0.15, 0.2) is 0 Å². The predicted molar refractivity (Wildman–Crippen MR) is 70.8 cm³/mol. The highest BCUT2D eigenvalue weighted by molar-refractivity contribution is 6.33. The Morgan fingerprint density at radius 3 is 2.67 bits per heavy atom. The minimum absolute atomic E-state index is 0.0975. The second-order valence-electron chi connectivity index (χ2n) is 4.61. The molecule has 6 heteroatoms. The molecule has 5 nitrogen and oxygen atoms in total. The Morgan fingerprint density at radius 1 is 1.56 bits per heavy atom. The molecule has 1 amide bonds. The van der Waals surface area contributed by atoms with Gasteiger partial charge in [0.25, 0.3) is 5.91 Å². The van der Waals surface area contributed by atoms with E-state index in [1.165, 1.54) is 4.68 Å². The number of aliphatic hydroxyl groups excluding tert-OH is 1. The Morgan fingerprint density at radius 2 is 2.17 bits per heavy atom. The zero-order valence-corrected chi connectivity index (χ0v) is 12.0. The molecule has 0 aromatic carbocycles. The van der Waals surface area contributed by atoms with E-state index >= 15 is 0 Å². The number of amides is 1. The Kier molecular flexibility index (Phi) is 5.16. The van der Waals surface area contributed by atoms with Crippen molar-refractivity contribution >= 4 is 17.5 Å². The molecule has 1 atom stereocenters. The third-order valence-corrected chi connectivity index (χ3v) is 3.29. The number of carbonyl (C=O) groups is 1. The fraction of sp³-hybridized carbons (Fsp3) is 0.667. The third-order valence-electron chi connectivity index (χ3n) is 2.85. The second kappa shape index (κ2) is 6.20. The molecule has 0 aliphatic carbocycles. The molecular formula is C12H20ClN3O2. The fourth-order valence-corrected chi connectivity index (χ4v) is 1.78. The van der Waals surface area contributed by atoms with Gasteiger partial charge in [-0.2, -0.15) is 5.10 Å². The van der Waals surface area contributed by atoms with Crippen LogP contribution in [-0.2, 0) is 13.5 Å². The molecular weight excluding hydrogens is 254 g/mol. The van der Waals surface area contributed by atoms with Crippen molar-refractivity contribution in [2.24, 2.45) is 13.0 Å². The number of rotatable bonds is 5. The maximum Gasteiger partial charge on any atom is 0.256 e. The SMILES string of the molecule is CCc1nn(C)c(Cl)c1C(=O)NCC(O)C(C)C. The monoisotopic (exact) mass is 273 g/mol. The van der Waals surface area contributed by atoms with Crippen LogP contribution in [0.15, 0.2) is 0 Å². The maximum absolute atomic E-state index is 12.0. The van der Waals surface area contributed by atoms with Crippen molar-refractivity contribution < 1.29 is 9.90 Å². The van der Waals surface area contributed by atoms with Gasteiger partial charge in [-0.15, -0.1) is 0 Å². The Hall–Kier alpha value is -1.07. The van der Waals surface area contributed by atoms with Crippen LogP contribution in [0, 0.1) is 5.92 Å². The van der Waals surface area contributed by atoms with Crippen LogP contribution in [0.2, 0.25) is 5.15 Å². The smallest absolute Gasteiger partial charge is 0.256 e. The first-order valence-electron chi connectivity index (χ1n) is 6.06. The molecule has 1 rings (SSSR count). The van der Waals surface area contributed by atoms with E-state index in [2.05, 4.69) is 10.4 Å². The first-order chi connectivity index (χ1) is 8.38. The van der Waals surface area contributed by atoms with E-state index in [0.29, 0.717) is 22.8 Å². The summed E-state index contributed by atoms with van der Waals surface area (Å²) < 4.78 is 1.48. The molecule has 0 aliphatic heterocycles. The highest BCUT2D eigenvalue weighted by atomic mass is 35.5. The minimum Gasteiger partial charge on any atom is -0.391 e. The number of hydrogen-bond donors (Lipinski definition) is 2. The quantitative estimate of drug-likeness (QED) is 0.852. The first-order valence-corrected chi connectivity index (χ1v) is 6.43.